The van der Waals surface area contributed by atoms with Crippen LogP contribution in [-0.2, 0) is 6.54 Å². The van der Waals surface area contributed by atoms with E-state index < -0.39 is 0 Å². The van der Waals surface area contributed by atoms with Gasteiger partial charge in [0.1, 0.15) is 0 Å². The summed E-state index contributed by atoms with van der Waals surface area (Å²) in [6.07, 6.45) is 2.36. The van der Waals surface area contributed by atoms with Crippen LogP contribution >= 0.6 is 11.3 Å². The van der Waals surface area contributed by atoms with Crippen LogP contribution in [-0.4, -0.2) is 16.7 Å². The second kappa shape index (κ2) is 5.45. The van der Waals surface area contributed by atoms with Gasteiger partial charge in [0.05, 0.1) is 22.8 Å². The average Bonchev–Trinajstić information content (AvgIpc) is 2.94. The molecule has 4 nitrogen and oxygen atoms in total. The number of aromatic amines is 1. The molecule has 82 valence electrons. The molecular weight excluding hydrogens is 220 g/mol. The number of nitrogens with zero attached hydrogens (tertiary/aromatic N) is 2. The van der Waals surface area contributed by atoms with E-state index in [0.29, 0.717) is 13.0 Å². The lowest BCUT2D eigenvalue weighted by atomic mass is 10.2. The molecule has 0 saturated heterocycles. The lowest BCUT2D eigenvalue weighted by Gasteiger charge is -2.01. The Kier molecular flexibility index (Phi) is 3.70. The van der Waals surface area contributed by atoms with E-state index in [1.807, 2.05) is 17.6 Å². The molecule has 2 aromatic heterocycles. The summed E-state index contributed by atoms with van der Waals surface area (Å²) in [4.78, 5) is 1.19. The first kappa shape index (κ1) is 10.9. The van der Waals surface area contributed by atoms with Crippen LogP contribution in [0.3, 0.4) is 0 Å². The molecule has 0 aromatic carbocycles. The largest absolute Gasteiger partial charge is 0.312 e. The molecule has 0 atom stereocenters. The minimum atomic E-state index is 0.534. The number of nitriles is 1. The van der Waals surface area contributed by atoms with Crippen molar-refractivity contribution in [1.82, 2.24) is 15.5 Å². The highest BCUT2D eigenvalue weighted by molar-refractivity contribution is 7.13. The summed E-state index contributed by atoms with van der Waals surface area (Å²) >= 11 is 1.69. The van der Waals surface area contributed by atoms with Crippen molar-refractivity contribution in [3.8, 4) is 16.6 Å². The van der Waals surface area contributed by atoms with Crippen molar-refractivity contribution < 1.29 is 0 Å². The molecular formula is C11H12N4S. The maximum absolute atomic E-state index is 8.42. The third kappa shape index (κ3) is 2.48. The quantitative estimate of drug-likeness (QED) is 0.776. The molecule has 0 amide bonds. The minimum Gasteiger partial charge on any atom is -0.312 e. The molecule has 0 spiro atoms. The van der Waals surface area contributed by atoms with Gasteiger partial charge in [-0.3, -0.25) is 5.10 Å². The summed E-state index contributed by atoms with van der Waals surface area (Å²) in [7, 11) is 0. The summed E-state index contributed by atoms with van der Waals surface area (Å²) in [5.74, 6) is 0. The van der Waals surface area contributed by atoms with Crippen molar-refractivity contribution in [3.63, 3.8) is 0 Å². The van der Waals surface area contributed by atoms with E-state index in [-0.39, 0.29) is 0 Å². The predicted molar refractivity (Wildman–Crippen MR) is 63.8 cm³/mol. The van der Waals surface area contributed by atoms with Crippen LogP contribution in [0.15, 0.2) is 23.7 Å². The highest BCUT2D eigenvalue weighted by atomic mass is 32.1. The Morgan fingerprint density at radius 2 is 2.50 bits per heavy atom. The van der Waals surface area contributed by atoms with E-state index in [2.05, 4.69) is 27.6 Å². The molecule has 0 fully saturated rings. The summed E-state index contributed by atoms with van der Waals surface area (Å²) in [5, 5.41) is 20.7. The maximum Gasteiger partial charge on any atom is 0.0794 e. The molecule has 2 rings (SSSR count). The average molecular weight is 232 g/mol. The molecule has 0 aliphatic carbocycles. The normalized spacial score (nSPS) is 10.2. The fourth-order valence-corrected chi connectivity index (χ4v) is 2.20. The summed E-state index contributed by atoms with van der Waals surface area (Å²) in [6.45, 7) is 1.46. The summed E-state index contributed by atoms with van der Waals surface area (Å²) < 4.78 is 0. The number of rotatable bonds is 5. The van der Waals surface area contributed by atoms with Crippen LogP contribution in [0.5, 0.6) is 0 Å². The fraction of sp³-hybridized carbons (Fsp3) is 0.273. The van der Waals surface area contributed by atoms with Gasteiger partial charge >= 0.3 is 0 Å². The number of hydrogen-bond donors (Lipinski definition) is 2. The van der Waals surface area contributed by atoms with Crippen LogP contribution < -0.4 is 5.32 Å². The molecule has 2 heterocycles. The molecule has 16 heavy (non-hydrogen) atoms. The van der Waals surface area contributed by atoms with E-state index in [1.165, 1.54) is 4.88 Å². The van der Waals surface area contributed by atoms with Crippen LogP contribution in [0.1, 0.15) is 12.0 Å². The SMILES string of the molecule is N#CCCNCc1cn[nH]c1-c1cccs1. The number of hydrogen-bond acceptors (Lipinski definition) is 4. The summed E-state index contributed by atoms with van der Waals surface area (Å²) in [6, 6.07) is 6.19. The van der Waals surface area contributed by atoms with Crippen LogP contribution in [0.4, 0.5) is 0 Å². The van der Waals surface area contributed by atoms with Gasteiger partial charge in [0.2, 0.25) is 0 Å². The fourth-order valence-electron chi connectivity index (χ4n) is 1.45. The standard InChI is InChI=1S/C11H12N4S/c12-4-2-5-13-7-9-8-14-15-11(9)10-3-1-6-16-10/h1,3,6,8,13H,2,5,7H2,(H,14,15). The zero-order valence-electron chi connectivity index (χ0n) is 8.73. The molecule has 0 aliphatic rings. The molecule has 2 aromatic rings. The van der Waals surface area contributed by atoms with Gasteiger partial charge in [-0.25, -0.2) is 0 Å². The predicted octanol–water partition coefficient (Wildman–Crippen LogP) is 2.14. The molecule has 2 N–H and O–H groups in total. The van der Waals surface area contributed by atoms with Gasteiger partial charge < -0.3 is 5.32 Å². The Bertz CT molecular complexity index is 466. The van der Waals surface area contributed by atoms with E-state index >= 15 is 0 Å². The minimum absolute atomic E-state index is 0.534. The molecule has 0 bridgehead atoms. The zero-order chi connectivity index (χ0) is 11.2. The van der Waals surface area contributed by atoms with Gasteiger partial charge in [0.25, 0.3) is 0 Å². The Hall–Kier alpha value is -1.64. The van der Waals surface area contributed by atoms with Gasteiger partial charge in [-0.05, 0) is 11.4 Å². The van der Waals surface area contributed by atoms with E-state index in [0.717, 1.165) is 17.8 Å². The van der Waals surface area contributed by atoms with Crippen molar-refractivity contribution in [2.24, 2.45) is 0 Å². The highest BCUT2D eigenvalue weighted by Gasteiger charge is 2.07. The monoisotopic (exact) mass is 232 g/mol. The van der Waals surface area contributed by atoms with Crippen molar-refractivity contribution in [2.75, 3.05) is 6.54 Å². The van der Waals surface area contributed by atoms with Gasteiger partial charge in [-0.2, -0.15) is 10.4 Å². The maximum atomic E-state index is 8.42. The van der Waals surface area contributed by atoms with Gasteiger partial charge in [-0.1, -0.05) is 6.07 Å². The van der Waals surface area contributed by atoms with Gasteiger partial charge in [0.15, 0.2) is 0 Å². The Morgan fingerprint density at radius 1 is 1.56 bits per heavy atom. The highest BCUT2D eigenvalue weighted by Crippen LogP contribution is 2.25. The third-order valence-corrected chi connectivity index (χ3v) is 3.10. The first-order valence-corrected chi connectivity index (χ1v) is 5.93. The Morgan fingerprint density at radius 3 is 3.25 bits per heavy atom. The second-order valence-electron chi connectivity index (χ2n) is 3.33. The lowest BCUT2D eigenvalue weighted by molar-refractivity contribution is 0.700. The summed E-state index contributed by atoms with van der Waals surface area (Å²) in [5.41, 5.74) is 2.21. The van der Waals surface area contributed by atoms with E-state index in [1.54, 1.807) is 11.3 Å². The molecule has 0 saturated carbocycles. The van der Waals surface area contributed by atoms with Crippen LogP contribution in [0.2, 0.25) is 0 Å². The molecule has 0 unspecified atom stereocenters. The second-order valence-corrected chi connectivity index (χ2v) is 4.28. The van der Waals surface area contributed by atoms with Crippen LogP contribution in [0, 0.1) is 11.3 Å². The van der Waals surface area contributed by atoms with Crippen molar-refractivity contribution in [3.05, 3.63) is 29.3 Å². The topological polar surface area (TPSA) is 64.5 Å². The third-order valence-electron chi connectivity index (χ3n) is 2.21. The van der Waals surface area contributed by atoms with Gasteiger partial charge in [-0.15, -0.1) is 11.3 Å². The number of thiophene rings is 1. The number of H-pyrrole nitrogens is 1. The Balaban J connectivity index is 2.00. The number of aromatic nitrogens is 2. The van der Waals surface area contributed by atoms with Crippen LogP contribution in [0.25, 0.3) is 10.6 Å². The van der Waals surface area contributed by atoms with E-state index in [4.69, 9.17) is 5.26 Å². The lowest BCUT2D eigenvalue weighted by Crippen LogP contribution is -2.14. The van der Waals surface area contributed by atoms with Crippen molar-refractivity contribution >= 4 is 11.3 Å². The molecule has 0 aliphatic heterocycles. The number of nitrogens with one attached hydrogen (secondary N) is 2. The van der Waals surface area contributed by atoms with Gasteiger partial charge in [0, 0.05) is 25.1 Å². The first-order chi connectivity index (χ1) is 7.92. The zero-order valence-corrected chi connectivity index (χ0v) is 9.55. The molecule has 0 radical (unpaired) electrons. The molecule has 5 heteroatoms. The smallest absolute Gasteiger partial charge is 0.0794 e. The van der Waals surface area contributed by atoms with Crippen molar-refractivity contribution in [2.45, 2.75) is 13.0 Å². The Labute approximate surface area is 97.9 Å². The first-order valence-electron chi connectivity index (χ1n) is 5.05. The van der Waals surface area contributed by atoms with E-state index in [9.17, 15) is 0 Å². The van der Waals surface area contributed by atoms with Crippen molar-refractivity contribution in [1.29, 1.82) is 5.26 Å².